The lowest BCUT2D eigenvalue weighted by Crippen LogP contribution is -1.89. The summed E-state index contributed by atoms with van der Waals surface area (Å²) in [6.07, 6.45) is 1.48. The van der Waals surface area contributed by atoms with Crippen molar-refractivity contribution in [3.63, 3.8) is 0 Å². The summed E-state index contributed by atoms with van der Waals surface area (Å²) in [5.74, 6) is 4.88. The summed E-state index contributed by atoms with van der Waals surface area (Å²) in [7, 11) is 0. The maximum atomic E-state index is 12.9. The van der Waals surface area contributed by atoms with Gasteiger partial charge in [-0.2, -0.15) is 4.39 Å². The zero-order valence-electron chi connectivity index (χ0n) is 6.56. The zero-order valence-corrected chi connectivity index (χ0v) is 8.15. The largest absolute Gasteiger partial charge is 0.228 e. The molecule has 0 fully saturated rings. The van der Waals surface area contributed by atoms with E-state index in [4.69, 9.17) is 0 Å². The number of hydrogen-bond donors (Lipinski definition) is 0. The highest BCUT2D eigenvalue weighted by Crippen LogP contribution is 2.04. The summed E-state index contributed by atoms with van der Waals surface area (Å²) in [6, 6.07) is 1.68. The molecular formula is C9H7BrFN. The van der Waals surface area contributed by atoms with Crippen LogP contribution in [0, 0.1) is 24.7 Å². The monoisotopic (exact) mass is 227 g/mol. The number of aryl methyl sites for hydroxylation is 1. The van der Waals surface area contributed by atoms with Crippen LogP contribution in [-0.4, -0.2) is 10.3 Å². The van der Waals surface area contributed by atoms with Crippen LogP contribution < -0.4 is 0 Å². The molecule has 1 aromatic rings. The molecule has 0 spiro atoms. The number of aromatic nitrogens is 1. The van der Waals surface area contributed by atoms with E-state index in [1.165, 1.54) is 6.20 Å². The van der Waals surface area contributed by atoms with Crippen LogP contribution in [0.3, 0.4) is 0 Å². The molecule has 0 unspecified atom stereocenters. The van der Waals surface area contributed by atoms with E-state index >= 15 is 0 Å². The summed E-state index contributed by atoms with van der Waals surface area (Å²) >= 11 is 3.13. The van der Waals surface area contributed by atoms with Gasteiger partial charge in [-0.1, -0.05) is 27.8 Å². The topological polar surface area (TPSA) is 12.9 Å². The fourth-order valence-corrected chi connectivity index (χ4v) is 0.909. The number of halogens is 2. The Kier molecular flexibility index (Phi) is 3.24. The Bertz CT molecular complexity index is 338. The van der Waals surface area contributed by atoms with Gasteiger partial charge in [-0.25, -0.2) is 4.98 Å². The van der Waals surface area contributed by atoms with E-state index in [2.05, 4.69) is 32.8 Å². The Balaban J connectivity index is 3.05. The fraction of sp³-hybridized carbons (Fsp3) is 0.222. The molecule has 0 saturated heterocycles. The lowest BCUT2D eigenvalue weighted by atomic mass is 10.2. The van der Waals surface area contributed by atoms with Crippen LogP contribution in [-0.2, 0) is 0 Å². The van der Waals surface area contributed by atoms with Gasteiger partial charge in [0, 0.05) is 6.20 Å². The molecule has 1 nitrogen and oxygen atoms in total. The third-order valence-electron chi connectivity index (χ3n) is 1.27. The van der Waals surface area contributed by atoms with E-state index in [9.17, 15) is 4.39 Å². The second-order valence-electron chi connectivity index (χ2n) is 2.29. The Morgan fingerprint density at radius 1 is 1.67 bits per heavy atom. The standard InChI is InChI=1S/C9H7BrFN/c1-7-5-8(3-2-4-10)9(11)12-6-7/h5-6H,4H2,1H3. The van der Waals surface area contributed by atoms with Crippen LogP contribution in [0.15, 0.2) is 12.3 Å². The smallest absolute Gasteiger partial charge is 0.227 e. The van der Waals surface area contributed by atoms with Crippen molar-refractivity contribution in [3.05, 3.63) is 29.3 Å². The first-order valence-corrected chi connectivity index (χ1v) is 4.53. The van der Waals surface area contributed by atoms with Crippen molar-refractivity contribution in [1.29, 1.82) is 0 Å². The number of alkyl halides is 1. The van der Waals surface area contributed by atoms with Crippen LogP contribution in [0.1, 0.15) is 11.1 Å². The van der Waals surface area contributed by atoms with Gasteiger partial charge in [-0.3, -0.25) is 0 Å². The Hall–Kier alpha value is -0.880. The molecule has 0 aliphatic rings. The van der Waals surface area contributed by atoms with Gasteiger partial charge in [-0.05, 0) is 18.6 Å². The molecule has 12 heavy (non-hydrogen) atoms. The Labute approximate surface area is 79.1 Å². The predicted octanol–water partition coefficient (Wildman–Crippen LogP) is 2.28. The minimum absolute atomic E-state index is 0.356. The number of nitrogens with zero attached hydrogens (tertiary/aromatic N) is 1. The first-order chi connectivity index (χ1) is 5.74. The van der Waals surface area contributed by atoms with Crippen molar-refractivity contribution in [3.8, 4) is 11.8 Å². The molecule has 0 aromatic carbocycles. The quantitative estimate of drug-likeness (QED) is 0.377. The molecule has 0 saturated carbocycles. The number of pyridine rings is 1. The van der Waals surface area contributed by atoms with E-state index in [1.54, 1.807) is 6.07 Å². The summed E-state index contributed by atoms with van der Waals surface area (Å²) in [5, 5.41) is 0.542. The summed E-state index contributed by atoms with van der Waals surface area (Å²) < 4.78 is 12.9. The SMILES string of the molecule is Cc1cnc(F)c(C#CCBr)c1. The molecule has 1 aromatic heterocycles. The van der Waals surface area contributed by atoms with Crippen molar-refractivity contribution in [2.45, 2.75) is 6.92 Å². The Morgan fingerprint density at radius 2 is 2.42 bits per heavy atom. The molecule has 0 aliphatic heterocycles. The maximum absolute atomic E-state index is 12.9. The van der Waals surface area contributed by atoms with Crippen molar-refractivity contribution < 1.29 is 4.39 Å². The molecule has 62 valence electrons. The molecule has 0 aliphatic carbocycles. The maximum Gasteiger partial charge on any atom is 0.228 e. The third-order valence-corrected chi connectivity index (χ3v) is 1.55. The molecule has 3 heteroatoms. The van der Waals surface area contributed by atoms with Crippen LogP contribution >= 0.6 is 15.9 Å². The van der Waals surface area contributed by atoms with Gasteiger partial charge in [0.05, 0.1) is 10.9 Å². The molecule has 0 bridgehead atoms. The first kappa shape index (κ1) is 9.21. The predicted molar refractivity (Wildman–Crippen MR) is 49.6 cm³/mol. The highest BCUT2D eigenvalue weighted by Gasteiger charge is 1.98. The normalized spacial score (nSPS) is 8.92. The Morgan fingerprint density at radius 3 is 3.08 bits per heavy atom. The highest BCUT2D eigenvalue weighted by molar-refractivity contribution is 9.09. The van der Waals surface area contributed by atoms with Gasteiger partial charge in [0.2, 0.25) is 5.95 Å². The van der Waals surface area contributed by atoms with Crippen molar-refractivity contribution in [2.24, 2.45) is 0 Å². The molecule has 1 rings (SSSR count). The average molecular weight is 228 g/mol. The third kappa shape index (κ3) is 2.31. The number of rotatable bonds is 0. The lowest BCUT2D eigenvalue weighted by molar-refractivity contribution is 0.579. The summed E-state index contributed by atoms with van der Waals surface area (Å²) in [4.78, 5) is 3.55. The lowest BCUT2D eigenvalue weighted by Gasteiger charge is -1.94. The molecule has 0 N–H and O–H groups in total. The van der Waals surface area contributed by atoms with Gasteiger partial charge in [-0.15, -0.1) is 0 Å². The minimum atomic E-state index is -0.506. The second kappa shape index (κ2) is 4.22. The van der Waals surface area contributed by atoms with E-state index in [1.807, 2.05) is 6.92 Å². The van der Waals surface area contributed by atoms with Crippen molar-refractivity contribution in [2.75, 3.05) is 5.33 Å². The van der Waals surface area contributed by atoms with Gasteiger partial charge < -0.3 is 0 Å². The van der Waals surface area contributed by atoms with Crippen LogP contribution in [0.4, 0.5) is 4.39 Å². The van der Waals surface area contributed by atoms with E-state index in [-0.39, 0.29) is 0 Å². The molecule has 0 radical (unpaired) electrons. The molecule has 0 amide bonds. The van der Waals surface area contributed by atoms with Crippen molar-refractivity contribution in [1.82, 2.24) is 4.98 Å². The highest BCUT2D eigenvalue weighted by atomic mass is 79.9. The first-order valence-electron chi connectivity index (χ1n) is 3.41. The number of hydrogen-bond acceptors (Lipinski definition) is 1. The second-order valence-corrected chi connectivity index (χ2v) is 2.85. The average Bonchev–Trinajstić information content (AvgIpc) is 2.07. The summed E-state index contributed by atoms with van der Waals surface area (Å²) in [6.45, 7) is 1.85. The van der Waals surface area contributed by atoms with Gasteiger partial charge >= 0.3 is 0 Å². The van der Waals surface area contributed by atoms with Crippen molar-refractivity contribution >= 4 is 15.9 Å². The van der Waals surface area contributed by atoms with Gasteiger partial charge in [0.25, 0.3) is 0 Å². The molecular weight excluding hydrogens is 221 g/mol. The zero-order chi connectivity index (χ0) is 8.97. The van der Waals surface area contributed by atoms with E-state index in [0.717, 1.165) is 5.56 Å². The van der Waals surface area contributed by atoms with Gasteiger partial charge in [0.1, 0.15) is 0 Å². The van der Waals surface area contributed by atoms with Gasteiger partial charge in [0.15, 0.2) is 0 Å². The molecule has 1 heterocycles. The minimum Gasteiger partial charge on any atom is -0.227 e. The van der Waals surface area contributed by atoms with Crippen LogP contribution in [0.5, 0.6) is 0 Å². The van der Waals surface area contributed by atoms with E-state index < -0.39 is 5.95 Å². The molecule has 0 atom stereocenters. The summed E-state index contributed by atoms with van der Waals surface area (Å²) in [5.41, 5.74) is 1.27. The fourth-order valence-electron chi connectivity index (χ4n) is 0.769. The van der Waals surface area contributed by atoms with Crippen LogP contribution in [0.25, 0.3) is 0 Å². The van der Waals surface area contributed by atoms with Crippen LogP contribution in [0.2, 0.25) is 0 Å². The van der Waals surface area contributed by atoms with E-state index in [0.29, 0.717) is 10.9 Å².